The van der Waals surface area contributed by atoms with Gasteiger partial charge in [-0.3, -0.25) is 4.79 Å². The van der Waals surface area contributed by atoms with Gasteiger partial charge in [-0.2, -0.15) is 10.2 Å². The summed E-state index contributed by atoms with van der Waals surface area (Å²) >= 11 is 0. The lowest BCUT2D eigenvalue weighted by Gasteiger charge is -2.01. The van der Waals surface area contributed by atoms with Crippen LogP contribution >= 0.6 is 0 Å². The Morgan fingerprint density at radius 2 is 2.36 bits per heavy atom. The molecule has 14 heavy (non-hydrogen) atoms. The van der Waals surface area contributed by atoms with Crippen molar-refractivity contribution in [2.45, 2.75) is 13.0 Å². The number of hydrogen-bond donors (Lipinski definition) is 0. The van der Waals surface area contributed by atoms with Crippen molar-refractivity contribution in [3.05, 3.63) is 41.6 Å². The average Bonchev–Trinajstić information content (AvgIpc) is 2.66. The molecule has 0 saturated carbocycles. The van der Waals surface area contributed by atoms with Crippen molar-refractivity contribution in [2.24, 2.45) is 0 Å². The molecule has 0 saturated heterocycles. The van der Waals surface area contributed by atoms with Gasteiger partial charge < -0.3 is 0 Å². The van der Waals surface area contributed by atoms with E-state index in [0.717, 1.165) is 6.42 Å². The van der Waals surface area contributed by atoms with E-state index in [1.807, 2.05) is 0 Å². The fraction of sp³-hybridized carbons (Fsp3) is 0.222. The van der Waals surface area contributed by atoms with Gasteiger partial charge >= 0.3 is 0 Å². The topological polar surface area (TPSA) is 52.2 Å². The van der Waals surface area contributed by atoms with E-state index >= 15 is 0 Å². The number of allylic oxidation sites excluding steroid dienone is 1. The Bertz CT molecular complexity index is 511. The lowest BCUT2D eigenvalue weighted by Crippen LogP contribution is -2.24. The molecule has 0 bridgehead atoms. The second-order valence-corrected chi connectivity index (χ2v) is 2.90. The van der Waals surface area contributed by atoms with Gasteiger partial charge in [0.25, 0.3) is 5.56 Å². The molecule has 5 heteroatoms. The van der Waals surface area contributed by atoms with Crippen LogP contribution in [0.25, 0.3) is 5.52 Å². The summed E-state index contributed by atoms with van der Waals surface area (Å²) in [4.78, 5) is 11.7. The monoisotopic (exact) mass is 190 g/mol. The Morgan fingerprint density at radius 3 is 3.14 bits per heavy atom. The quantitative estimate of drug-likeness (QED) is 0.661. The molecular formula is C9H10N4O. The first-order valence-electron chi connectivity index (χ1n) is 4.33. The lowest BCUT2D eigenvalue weighted by molar-refractivity contribution is 0.572. The van der Waals surface area contributed by atoms with Crippen LogP contribution in [0.4, 0.5) is 0 Å². The third-order valence-electron chi connectivity index (χ3n) is 1.97. The molecule has 0 radical (unpaired) electrons. The molecule has 2 aromatic rings. The molecular weight excluding hydrogens is 180 g/mol. The number of nitrogens with zero attached hydrogens (tertiary/aromatic N) is 4. The maximum absolute atomic E-state index is 11.7. The maximum atomic E-state index is 11.7. The minimum Gasteiger partial charge on any atom is -0.265 e. The number of hydrogen-bond acceptors (Lipinski definition) is 3. The summed E-state index contributed by atoms with van der Waals surface area (Å²) in [5.74, 6) is 0. The molecule has 0 aliphatic carbocycles. The summed E-state index contributed by atoms with van der Waals surface area (Å²) in [6.07, 6.45) is 5.60. The van der Waals surface area contributed by atoms with Gasteiger partial charge in [-0.15, -0.1) is 6.58 Å². The van der Waals surface area contributed by atoms with E-state index in [0.29, 0.717) is 12.1 Å². The maximum Gasteiger partial charge on any atom is 0.292 e. The molecule has 5 nitrogen and oxygen atoms in total. The lowest BCUT2D eigenvalue weighted by atomic mass is 10.4. The van der Waals surface area contributed by atoms with E-state index in [4.69, 9.17) is 0 Å². The first kappa shape index (κ1) is 8.68. The van der Waals surface area contributed by atoms with Crippen LogP contribution in [0.5, 0.6) is 0 Å². The summed E-state index contributed by atoms with van der Waals surface area (Å²) < 4.78 is 2.88. The Kier molecular flexibility index (Phi) is 2.14. The zero-order valence-electron chi connectivity index (χ0n) is 7.63. The van der Waals surface area contributed by atoms with Crippen molar-refractivity contribution >= 4 is 5.52 Å². The molecule has 2 rings (SSSR count). The SMILES string of the molecule is C=CCCn1ncn2nccc2c1=O. The van der Waals surface area contributed by atoms with Gasteiger partial charge in [-0.05, 0) is 12.5 Å². The van der Waals surface area contributed by atoms with Gasteiger partial charge in [0.05, 0.1) is 6.20 Å². The number of aryl methyl sites for hydroxylation is 1. The highest BCUT2D eigenvalue weighted by Gasteiger charge is 2.02. The van der Waals surface area contributed by atoms with Crippen LogP contribution in [0.2, 0.25) is 0 Å². The zero-order valence-corrected chi connectivity index (χ0v) is 7.63. The van der Waals surface area contributed by atoms with Crippen LogP contribution in [-0.2, 0) is 6.54 Å². The van der Waals surface area contributed by atoms with Crippen molar-refractivity contribution in [1.29, 1.82) is 0 Å². The second kappa shape index (κ2) is 3.45. The number of aromatic nitrogens is 4. The van der Waals surface area contributed by atoms with Crippen molar-refractivity contribution in [2.75, 3.05) is 0 Å². The molecule has 0 unspecified atom stereocenters. The van der Waals surface area contributed by atoms with Crippen molar-refractivity contribution in [1.82, 2.24) is 19.4 Å². The van der Waals surface area contributed by atoms with E-state index in [9.17, 15) is 4.79 Å². The van der Waals surface area contributed by atoms with E-state index in [2.05, 4.69) is 16.8 Å². The van der Waals surface area contributed by atoms with E-state index in [1.165, 1.54) is 15.5 Å². The van der Waals surface area contributed by atoms with Crippen LogP contribution in [0.1, 0.15) is 6.42 Å². The zero-order chi connectivity index (χ0) is 9.97. The first-order chi connectivity index (χ1) is 6.83. The number of rotatable bonds is 3. The van der Waals surface area contributed by atoms with Crippen LogP contribution in [0, 0.1) is 0 Å². The molecule has 0 atom stereocenters. The summed E-state index contributed by atoms with van der Waals surface area (Å²) in [7, 11) is 0. The minimum absolute atomic E-state index is 0.119. The van der Waals surface area contributed by atoms with Gasteiger partial charge in [-0.1, -0.05) is 6.08 Å². The normalized spacial score (nSPS) is 10.6. The Morgan fingerprint density at radius 1 is 1.50 bits per heavy atom. The second-order valence-electron chi connectivity index (χ2n) is 2.90. The molecule has 0 aliphatic rings. The van der Waals surface area contributed by atoms with E-state index < -0.39 is 0 Å². The predicted octanol–water partition coefficient (Wildman–Crippen LogP) is 0.467. The summed E-state index contributed by atoms with van der Waals surface area (Å²) in [6.45, 7) is 4.16. The molecule has 0 aliphatic heterocycles. The van der Waals surface area contributed by atoms with Crippen molar-refractivity contribution < 1.29 is 0 Å². The van der Waals surface area contributed by atoms with Gasteiger partial charge in [0.2, 0.25) is 0 Å². The van der Waals surface area contributed by atoms with Crippen LogP contribution in [0.3, 0.4) is 0 Å². The summed E-state index contributed by atoms with van der Waals surface area (Å²) in [5, 5.41) is 7.89. The van der Waals surface area contributed by atoms with E-state index in [1.54, 1.807) is 18.3 Å². The van der Waals surface area contributed by atoms with Crippen LogP contribution in [-0.4, -0.2) is 19.4 Å². The Labute approximate surface area is 80.3 Å². The molecule has 0 N–H and O–H groups in total. The predicted molar refractivity (Wildman–Crippen MR) is 52.1 cm³/mol. The highest BCUT2D eigenvalue weighted by Crippen LogP contribution is 1.92. The third-order valence-corrected chi connectivity index (χ3v) is 1.97. The van der Waals surface area contributed by atoms with Gasteiger partial charge in [-0.25, -0.2) is 9.20 Å². The average molecular weight is 190 g/mol. The molecule has 0 spiro atoms. The molecule has 72 valence electrons. The van der Waals surface area contributed by atoms with Crippen LogP contribution in [0.15, 0.2) is 36.0 Å². The first-order valence-corrected chi connectivity index (χ1v) is 4.33. The summed E-state index contributed by atoms with van der Waals surface area (Å²) in [5.41, 5.74) is 0.427. The van der Waals surface area contributed by atoms with Gasteiger partial charge in [0, 0.05) is 6.54 Å². The third kappa shape index (κ3) is 1.32. The minimum atomic E-state index is -0.119. The smallest absolute Gasteiger partial charge is 0.265 e. The fourth-order valence-corrected chi connectivity index (χ4v) is 1.24. The Hall–Kier alpha value is -1.91. The standard InChI is InChI=1S/C9H10N4O/c1-2-3-6-12-9(14)8-4-5-10-13(8)7-11-12/h2,4-5,7H,1,3,6H2. The van der Waals surface area contributed by atoms with E-state index in [-0.39, 0.29) is 5.56 Å². The molecule has 2 aromatic heterocycles. The highest BCUT2D eigenvalue weighted by atomic mass is 16.1. The van der Waals surface area contributed by atoms with Gasteiger partial charge in [0.1, 0.15) is 11.8 Å². The largest absolute Gasteiger partial charge is 0.292 e. The molecule has 0 aromatic carbocycles. The molecule has 0 amide bonds. The van der Waals surface area contributed by atoms with Gasteiger partial charge in [0.15, 0.2) is 0 Å². The fourth-order valence-electron chi connectivity index (χ4n) is 1.24. The highest BCUT2D eigenvalue weighted by molar-refractivity contribution is 5.41. The number of fused-ring (bicyclic) bond motifs is 1. The molecule has 2 heterocycles. The van der Waals surface area contributed by atoms with Crippen LogP contribution < -0.4 is 5.56 Å². The van der Waals surface area contributed by atoms with Crippen molar-refractivity contribution in [3.8, 4) is 0 Å². The molecule has 0 fully saturated rings. The summed E-state index contributed by atoms with van der Waals surface area (Å²) in [6, 6.07) is 1.68. The Balaban J connectivity index is 2.51. The van der Waals surface area contributed by atoms with Crippen molar-refractivity contribution in [3.63, 3.8) is 0 Å².